The van der Waals surface area contributed by atoms with Crippen molar-refractivity contribution in [2.75, 3.05) is 26.3 Å². The topological polar surface area (TPSA) is 53.3 Å². The summed E-state index contributed by atoms with van der Waals surface area (Å²) in [7, 11) is 0. The molecule has 0 radical (unpaired) electrons. The van der Waals surface area contributed by atoms with Crippen molar-refractivity contribution in [1.29, 1.82) is 5.26 Å². The van der Waals surface area contributed by atoms with Crippen molar-refractivity contribution < 1.29 is 9.53 Å². The first kappa shape index (κ1) is 14.9. The Morgan fingerprint density at radius 1 is 1.30 bits per heavy atom. The van der Waals surface area contributed by atoms with E-state index in [0.29, 0.717) is 41.9 Å². The summed E-state index contributed by atoms with van der Waals surface area (Å²) in [4.78, 5) is 13.8. The van der Waals surface area contributed by atoms with Gasteiger partial charge in [0.2, 0.25) is 0 Å². The summed E-state index contributed by atoms with van der Waals surface area (Å²) in [6, 6.07) is 6.89. The number of benzene rings is 1. The number of rotatable bonds is 2. The third kappa shape index (κ3) is 3.51. The Morgan fingerprint density at radius 3 is 2.60 bits per heavy atom. The maximum absolute atomic E-state index is 12.2. The Hall–Kier alpha value is -1.54. The maximum Gasteiger partial charge on any atom is 0.264 e. The van der Waals surface area contributed by atoms with Gasteiger partial charge in [0.1, 0.15) is 11.6 Å². The molecule has 0 unspecified atom stereocenters. The lowest BCUT2D eigenvalue weighted by molar-refractivity contribution is -0.130. The molecule has 2 rings (SSSR count). The molecule has 0 spiro atoms. The van der Waals surface area contributed by atoms with Crippen LogP contribution in [0.1, 0.15) is 5.56 Å². The first-order valence-corrected chi connectivity index (χ1v) is 6.81. The zero-order chi connectivity index (χ0) is 14.5. The molecule has 0 bridgehead atoms. The Bertz CT molecular complexity index is 587. The van der Waals surface area contributed by atoms with E-state index in [1.807, 2.05) is 6.07 Å². The van der Waals surface area contributed by atoms with E-state index in [9.17, 15) is 4.79 Å². The van der Waals surface area contributed by atoms with Crippen LogP contribution >= 0.6 is 23.2 Å². The normalized spacial score (nSPS) is 15.8. The molecule has 1 aromatic carbocycles. The molecule has 1 aliphatic rings. The molecule has 1 heterocycles. The van der Waals surface area contributed by atoms with E-state index in [2.05, 4.69) is 0 Å². The van der Waals surface area contributed by atoms with E-state index in [1.54, 1.807) is 23.1 Å². The summed E-state index contributed by atoms with van der Waals surface area (Å²) in [5.41, 5.74) is 0.739. The Kier molecular flexibility index (Phi) is 5.02. The molecule has 1 aliphatic heterocycles. The van der Waals surface area contributed by atoms with E-state index < -0.39 is 0 Å². The van der Waals surface area contributed by atoms with Crippen LogP contribution in [0.15, 0.2) is 23.8 Å². The molecule has 0 N–H and O–H groups in total. The summed E-state index contributed by atoms with van der Waals surface area (Å²) in [5, 5.41) is 9.97. The molecule has 104 valence electrons. The minimum absolute atomic E-state index is 0.0743. The molecule has 1 amide bonds. The number of hydrogen-bond acceptors (Lipinski definition) is 3. The fraction of sp³-hybridized carbons (Fsp3) is 0.286. The predicted molar refractivity (Wildman–Crippen MR) is 77.5 cm³/mol. The van der Waals surface area contributed by atoms with Crippen molar-refractivity contribution in [3.63, 3.8) is 0 Å². The first-order valence-electron chi connectivity index (χ1n) is 6.05. The van der Waals surface area contributed by atoms with Gasteiger partial charge in [-0.25, -0.2) is 0 Å². The molecule has 0 saturated carbocycles. The number of nitrogens with zero attached hydrogens (tertiary/aromatic N) is 2. The van der Waals surface area contributed by atoms with E-state index in [0.717, 1.165) is 0 Å². The highest BCUT2D eigenvalue weighted by Gasteiger charge is 2.20. The SMILES string of the molecule is N#C/C(=C\c1ccc(Cl)c(Cl)c1)C(=O)N1CCOCC1. The van der Waals surface area contributed by atoms with Gasteiger partial charge in [0, 0.05) is 13.1 Å². The van der Waals surface area contributed by atoms with Crippen molar-refractivity contribution in [1.82, 2.24) is 4.90 Å². The van der Waals surface area contributed by atoms with E-state index in [-0.39, 0.29) is 11.5 Å². The van der Waals surface area contributed by atoms with Gasteiger partial charge in [-0.2, -0.15) is 5.26 Å². The lowest BCUT2D eigenvalue weighted by Crippen LogP contribution is -2.41. The smallest absolute Gasteiger partial charge is 0.264 e. The molecule has 20 heavy (non-hydrogen) atoms. The summed E-state index contributed by atoms with van der Waals surface area (Å²) in [6.45, 7) is 1.99. The highest BCUT2D eigenvalue weighted by Crippen LogP contribution is 2.24. The third-order valence-corrected chi connectivity index (χ3v) is 3.64. The van der Waals surface area contributed by atoms with Crippen molar-refractivity contribution in [2.24, 2.45) is 0 Å². The van der Waals surface area contributed by atoms with Crippen LogP contribution in [0.3, 0.4) is 0 Å². The second-order valence-electron chi connectivity index (χ2n) is 4.25. The average Bonchev–Trinajstić information content (AvgIpc) is 2.48. The highest BCUT2D eigenvalue weighted by atomic mass is 35.5. The Balaban J connectivity index is 2.22. The second kappa shape index (κ2) is 6.76. The van der Waals surface area contributed by atoms with Gasteiger partial charge in [-0.05, 0) is 23.8 Å². The van der Waals surface area contributed by atoms with Gasteiger partial charge < -0.3 is 9.64 Å². The monoisotopic (exact) mass is 310 g/mol. The average molecular weight is 311 g/mol. The minimum Gasteiger partial charge on any atom is -0.378 e. The van der Waals surface area contributed by atoms with Crippen molar-refractivity contribution in [3.05, 3.63) is 39.4 Å². The van der Waals surface area contributed by atoms with Gasteiger partial charge in [-0.1, -0.05) is 29.3 Å². The second-order valence-corrected chi connectivity index (χ2v) is 5.06. The lowest BCUT2D eigenvalue weighted by atomic mass is 10.1. The fourth-order valence-electron chi connectivity index (χ4n) is 1.85. The molecule has 0 aliphatic carbocycles. The fourth-order valence-corrected chi connectivity index (χ4v) is 2.15. The van der Waals surface area contributed by atoms with Crippen LogP contribution in [-0.4, -0.2) is 37.1 Å². The molecule has 0 aromatic heterocycles. The van der Waals surface area contributed by atoms with Crippen molar-refractivity contribution in [2.45, 2.75) is 0 Å². The Labute approximate surface area is 127 Å². The number of amides is 1. The van der Waals surface area contributed by atoms with Crippen LogP contribution in [0.25, 0.3) is 6.08 Å². The number of carbonyl (C=O) groups is 1. The van der Waals surface area contributed by atoms with Crippen LogP contribution in [0, 0.1) is 11.3 Å². The van der Waals surface area contributed by atoms with Gasteiger partial charge in [0.05, 0.1) is 23.3 Å². The summed E-state index contributed by atoms with van der Waals surface area (Å²) < 4.78 is 5.18. The molecular weight excluding hydrogens is 299 g/mol. The number of halogens is 2. The van der Waals surface area contributed by atoms with Crippen LogP contribution in [0.2, 0.25) is 10.0 Å². The van der Waals surface area contributed by atoms with E-state index >= 15 is 0 Å². The molecule has 1 saturated heterocycles. The largest absolute Gasteiger partial charge is 0.378 e. The highest BCUT2D eigenvalue weighted by molar-refractivity contribution is 6.42. The number of nitriles is 1. The zero-order valence-corrected chi connectivity index (χ0v) is 12.1. The molecular formula is C14H12Cl2N2O2. The van der Waals surface area contributed by atoms with Gasteiger partial charge >= 0.3 is 0 Å². The Morgan fingerprint density at radius 2 is 2.00 bits per heavy atom. The van der Waals surface area contributed by atoms with Crippen LogP contribution in [0.4, 0.5) is 0 Å². The van der Waals surface area contributed by atoms with Crippen LogP contribution in [0.5, 0.6) is 0 Å². The molecule has 6 heteroatoms. The maximum atomic E-state index is 12.2. The van der Waals surface area contributed by atoms with Crippen molar-refractivity contribution in [3.8, 4) is 6.07 Å². The van der Waals surface area contributed by atoms with Gasteiger partial charge in [-0.3, -0.25) is 4.79 Å². The summed E-state index contributed by atoms with van der Waals surface area (Å²) in [6.07, 6.45) is 1.51. The molecule has 1 aromatic rings. The number of morpholine rings is 1. The lowest BCUT2D eigenvalue weighted by Gasteiger charge is -2.26. The van der Waals surface area contributed by atoms with Crippen LogP contribution < -0.4 is 0 Å². The molecule has 4 nitrogen and oxygen atoms in total. The minimum atomic E-state index is -0.290. The van der Waals surface area contributed by atoms with Crippen LogP contribution in [-0.2, 0) is 9.53 Å². The molecule has 1 fully saturated rings. The number of ether oxygens (including phenoxy) is 1. The predicted octanol–water partition coefficient (Wildman–Crippen LogP) is 2.76. The quantitative estimate of drug-likeness (QED) is 0.623. The molecule has 0 atom stereocenters. The summed E-state index contributed by atoms with van der Waals surface area (Å²) >= 11 is 11.7. The van der Waals surface area contributed by atoms with Gasteiger partial charge in [0.25, 0.3) is 5.91 Å². The first-order chi connectivity index (χ1) is 9.61. The third-order valence-electron chi connectivity index (χ3n) is 2.90. The van der Waals surface area contributed by atoms with E-state index in [1.165, 1.54) is 6.08 Å². The number of hydrogen-bond donors (Lipinski definition) is 0. The van der Waals surface area contributed by atoms with Crippen molar-refractivity contribution >= 4 is 35.2 Å². The standard InChI is InChI=1S/C14H12Cl2N2O2/c15-12-2-1-10(8-13(12)16)7-11(9-17)14(19)18-3-5-20-6-4-18/h1-2,7-8H,3-6H2/b11-7+. The number of carbonyl (C=O) groups excluding carboxylic acids is 1. The van der Waals surface area contributed by atoms with Gasteiger partial charge in [-0.15, -0.1) is 0 Å². The van der Waals surface area contributed by atoms with E-state index in [4.69, 9.17) is 33.2 Å². The zero-order valence-electron chi connectivity index (χ0n) is 10.6. The van der Waals surface area contributed by atoms with Gasteiger partial charge in [0.15, 0.2) is 0 Å². The summed E-state index contributed by atoms with van der Waals surface area (Å²) in [5.74, 6) is -0.290.